The lowest BCUT2D eigenvalue weighted by molar-refractivity contribution is 0.202. The normalized spacial score (nSPS) is 17.1. The number of benzene rings is 1. The highest BCUT2D eigenvalue weighted by Crippen LogP contribution is 2.32. The zero-order valence-electron chi connectivity index (χ0n) is 19.4. The van der Waals surface area contributed by atoms with E-state index in [4.69, 9.17) is 0 Å². The number of pyridine rings is 1. The maximum absolute atomic E-state index is 13.4. The molecule has 31 heavy (non-hydrogen) atoms. The Kier molecular flexibility index (Phi) is 5.97. The van der Waals surface area contributed by atoms with Gasteiger partial charge in [0.05, 0.1) is 11.1 Å². The standard InChI is InChI=1S/C24H34N6O/c1-6-24(4,5)30-22(26-27-28-30)21(29-13-9-7-8-10-14-29)19-15-18-12-11-16(2)17(3)20(18)25-23(19)31/h11-12,15,21H,6-10,13-14H2,1-5H3,(H,25,31)/t21-/m1/s1. The molecule has 1 saturated heterocycles. The molecule has 0 saturated carbocycles. The van der Waals surface area contributed by atoms with Gasteiger partial charge < -0.3 is 4.98 Å². The number of rotatable bonds is 5. The molecule has 0 unspecified atom stereocenters. The van der Waals surface area contributed by atoms with E-state index >= 15 is 0 Å². The average molecular weight is 423 g/mol. The lowest BCUT2D eigenvalue weighted by atomic mass is 9.98. The van der Waals surface area contributed by atoms with Crippen molar-refractivity contribution in [2.75, 3.05) is 13.1 Å². The minimum absolute atomic E-state index is 0.0562. The van der Waals surface area contributed by atoms with Gasteiger partial charge in [-0.15, -0.1) is 5.10 Å². The van der Waals surface area contributed by atoms with Crippen LogP contribution in [0, 0.1) is 13.8 Å². The molecule has 7 heteroatoms. The first-order valence-corrected chi connectivity index (χ1v) is 11.5. The molecule has 0 aliphatic carbocycles. The second kappa shape index (κ2) is 8.54. The van der Waals surface area contributed by atoms with Gasteiger partial charge in [0.25, 0.3) is 5.56 Å². The summed E-state index contributed by atoms with van der Waals surface area (Å²) in [7, 11) is 0. The molecule has 1 aromatic carbocycles. The molecule has 1 N–H and O–H groups in total. The molecular formula is C24H34N6O. The first kappa shape index (κ1) is 21.7. The Morgan fingerprint density at radius 2 is 1.84 bits per heavy atom. The van der Waals surface area contributed by atoms with Crippen LogP contribution in [0.25, 0.3) is 10.9 Å². The van der Waals surface area contributed by atoms with Gasteiger partial charge in [-0.3, -0.25) is 9.69 Å². The van der Waals surface area contributed by atoms with E-state index in [2.05, 4.69) is 72.2 Å². The fourth-order valence-electron chi connectivity index (χ4n) is 4.54. The number of hydrogen-bond donors (Lipinski definition) is 1. The molecular weight excluding hydrogens is 388 g/mol. The van der Waals surface area contributed by atoms with Crippen molar-refractivity contribution in [1.82, 2.24) is 30.1 Å². The van der Waals surface area contributed by atoms with Crippen LogP contribution < -0.4 is 5.56 Å². The molecule has 4 rings (SSSR count). The van der Waals surface area contributed by atoms with Crippen molar-refractivity contribution in [3.8, 4) is 0 Å². The number of H-pyrrole nitrogens is 1. The monoisotopic (exact) mass is 422 g/mol. The molecule has 2 aromatic heterocycles. The average Bonchev–Trinajstić information content (AvgIpc) is 3.09. The van der Waals surface area contributed by atoms with Crippen LogP contribution in [0.4, 0.5) is 0 Å². The number of aromatic nitrogens is 5. The number of nitrogens with one attached hydrogen (secondary N) is 1. The van der Waals surface area contributed by atoms with Gasteiger partial charge in [-0.1, -0.05) is 31.9 Å². The highest BCUT2D eigenvalue weighted by Gasteiger charge is 2.34. The Labute approximate surface area is 183 Å². The Morgan fingerprint density at radius 3 is 2.52 bits per heavy atom. The Hall–Kier alpha value is -2.54. The van der Waals surface area contributed by atoms with Crippen molar-refractivity contribution in [2.24, 2.45) is 0 Å². The zero-order chi connectivity index (χ0) is 22.2. The van der Waals surface area contributed by atoms with Crippen LogP contribution in [0.5, 0.6) is 0 Å². The van der Waals surface area contributed by atoms with E-state index < -0.39 is 0 Å². The molecule has 0 bridgehead atoms. The van der Waals surface area contributed by atoms with Gasteiger partial charge in [0.15, 0.2) is 5.82 Å². The summed E-state index contributed by atoms with van der Waals surface area (Å²) < 4.78 is 1.92. The fraction of sp³-hybridized carbons (Fsp3) is 0.583. The van der Waals surface area contributed by atoms with Gasteiger partial charge in [-0.05, 0) is 93.1 Å². The van der Waals surface area contributed by atoms with Crippen molar-refractivity contribution in [2.45, 2.75) is 78.3 Å². The third kappa shape index (κ3) is 4.03. The fourth-order valence-corrected chi connectivity index (χ4v) is 4.54. The van der Waals surface area contributed by atoms with Gasteiger partial charge in [0.2, 0.25) is 0 Å². The quantitative estimate of drug-likeness (QED) is 0.665. The Morgan fingerprint density at radius 1 is 1.13 bits per heavy atom. The molecule has 3 aromatic rings. The summed E-state index contributed by atoms with van der Waals surface area (Å²) in [6.07, 6.45) is 5.59. The summed E-state index contributed by atoms with van der Waals surface area (Å²) in [6, 6.07) is 5.99. The number of aromatic amines is 1. The second-order valence-electron chi connectivity index (χ2n) is 9.49. The highest BCUT2D eigenvalue weighted by atomic mass is 16.1. The highest BCUT2D eigenvalue weighted by molar-refractivity contribution is 5.83. The van der Waals surface area contributed by atoms with E-state index in [1.165, 1.54) is 18.4 Å². The molecule has 0 spiro atoms. The van der Waals surface area contributed by atoms with E-state index in [0.717, 1.165) is 60.2 Å². The van der Waals surface area contributed by atoms with Crippen LogP contribution in [0.3, 0.4) is 0 Å². The van der Waals surface area contributed by atoms with Crippen LogP contribution in [-0.2, 0) is 5.54 Å². The molecule has 1 atom stereocenters. The largest absolute Gasteiger partial charge is 0.321 e. The Bertz CT molecular complexity index is 1120. The molecule has 0 amide bonds. The molecule has 1 aliphatic rings. The van der Waals surface area contributed by atoms with Gasteiger partial charge in [-0.25, -0.2) is 4.68 Å². The minimum atomic E-state index is -0.270. The lowest BCUT2D eigenvalue weighted by Gasteiger charge is -2.32. The number of likely N-dealkylation sites (tertiary alicyclic amines) is 1. The lowest BCUT2D eigenvalue weighted by Crippen LogP contribution is -2.38. The predicted octanol–water partition coefficient (Wildman–Crippen LogP) is 4.24. The third-order valence-electron chi connectivity index (χ3n) is 7.06. The van der Waals surface area contributed by atoms with Crippen molar-refractivity contribution in [3.63, 3.8) is 0 Å². The number of hydrogen-bond acceptors (Lipinski definition) is 5. The van der Waals surface area contributed by atoms with Gasteiger partial charge in [0.1, 0.15) is 6.04 Å². The van der Waals surface area contributed by atoms with Crippen LogP contribution >= 0.6 is 0 Å². The van der Waals surface area contributed by atoms with Crippen molar-refractivity contribution >= 4 is 10.9 Å². The van der Waals surface area contributed by atoms with Gasteiger partial charge in [0, 0.05) is 5.56 Å². The first-order valence-electron chi connectivity index (χ1n) is 11.5. The smallest absolute Gasteiger partial charge is 0.253 e. The van der Waals surface area contributed by atoms with Gasteiger partial charge in [-0.2, -0.15) is 0 Å². The maximum Gasteiger partial charge on any atom is 0.253 e. The molecule has 3 heterocycles. The van der Waals surface area contributed by atoms with Crippen LogP contribution in [0.1, 0.15) is 81.4 Å². The summed E-state index contributed by atoms with van der Waals surface area (Å²) in [5.74, 6) is 0.752. The van der Waals surface area contributed by atoms with E-state index in [1.807, 2.05) is 10.7 Å². The summed E-state index contributed by atoms with van der Waals surface area (Å²) in [6.45, 7) is 12.4. The third-order valence-corrected chi connectivity index (χ3v) is 7.06. The second-order valence-corrected chi connectivity index (χ2v) is 9.49. The first-order chi connectivity index (χ1) is 14.8. The van der Waals surface area contributed by atoms with Crippen LogP contribution in [-0.4, -0.2) is 43.2 Å². The summed E-state index contributed by atoms with van der Waals surface area (Å²) in [5.41, 5.74) is 3.63. The number of nitrogens with zero attached hydrogens (tertiary/aromatic N) is 5. The van der Waals surface area contributed by atoms with Crippen LogP contribution in [0.2, 0.25) is 0 Å². The van der Waals surface area contributed by atoms with Crippen molar-refractivity contribution in [1.29, 1.82) is 0 Å². The molecule has 7 nitrogen and oxygen atoms in total. The zero-order valence-corrected chi connectivity index (χ0v) is 19.4. The minimum Gasteiger partial charge on any atom is -0.321 e. The summed E-state index contributed by atoms with van der Waals surface area (Å²) in [4.78, 5) is 19.0. The van der Waals surface area contributed by atoms with Crippen molar-refractivity contribution < 1.29 is 0 Å². The maximum atomic E-state index is 13.4. The Balaban J connectivity index is 1.92. The number of aryl methyl sites for hydroxylation is 2. The summed E-state index contributed by atoms with van der Waals surface area (Å²) in [5, 5.41) is 13.9. The van der Waals surface area contributed by atoms with Crippen LogP contribution in [0.15, 0.2) is 23.0 Å². The van der Waals surface area contributed by atoms with Gasteiger partial charge >= 0.3 is 0 Å². The molecule has 166 valence electrons. The van der Waals surface area contributed by atoms with E-state index in [1.54, 1.807) is 0 Å². The predicted molar refractivity (Wildman–Crippen MR) is 123 cm³/mol. The SMILES string of the molecule is CCC(C)(C)n1nnnc1[C@@H](c1cc2ccc(C)c(C)c2[nH]c1=O)N1CCCCCC1. The topological polar surface area (TPSA) is 79.7 Å². The summed E-state index contributed by atoms with van der Waals surface area (Å²) >= 11 is 0. The van der Waals surface area contributed by atoms with E-state index in [9.17, 15) is 4.79 Å². The molecule has 1 aliphatic heterocycles. The molecule has 0 radical (unpaired) electrons. The van der Waals surface area contributed by atoms with E-state index in [0.29, 0.717) is 0 Å². The number of fused-ring (bicyclic) bond motifs is 1. The van der Waals surface area contributed by atoms with E-state index in [-0.39, 0.29) is 17.1 Å². The number of tetrazole rings is 1. The molecule has 1 fully saturated rings. The van der Waals surface area contributed by atoms with Crippen molar-refractivity contribution in [3.05, 3.63) is 51.1 Å².